The van der Waals surface area contributed by atoms with Crippen molar-refractivity contribution in [3.63, 3.8) is 0 Å². The van der Waals surface area contributed by atoms with E-state index in [4.69, 9.17) is 4.74 Å². The maximum Gasteiger partial charge on any atom is 0.513 e. The van der Waals surface area contributed by atoms with E-state index in [9.17, 15) is 9.59 Å². The van der Waals surface area contributed by atoms with Gasteiger partial charge in [0.15, 0.2) is 11.6 Å². The fraction of sp³-hybridized carbons (Fsp3) is 0.188. The molecule has 10 heteroatoms. The Morgan fingerprint density at radius 1 is 1.23 bits per heavy atom. The molecule has 3 heterocycles. The summed E-state index contributed by atoms with van der Waals surface area (Å²) in [6, 6.07) is 3.42. The van der Waals surface area contributed by atoms with Crippen LogP contribution in [0.5, 0.6) is 5.75 Å². The van der Waals surface area contributed by atoms with Crippen molar-refractivity contribution in [3.05, 3.63) is 36.4 Å². The van der Waals surface area contributed by atoms with E-state index in [1.54, 1.807) is 36.0 Å². The summed E-state index contributed by atoms with van der Waals surface area (Å²) in [4.78, 5) is 30.8. The highest BCUT2D eigenvalue weighted by Gasteiger charge is 2.16. The molecule has 0 atom stereocenters. The first kappa shape index (κ1) is 17.1. The van der Waals surface area contributed by atoms with E-state index in [0.717, 1.165) is 0 Å². The summed E-state index contributed by atoms with van der Waals surface area (Å²) < 4.78 is 11.2. The quantitative estimate of drug-likeness (QED) is 0.683. The number of rotatable bonds is 4. The van der Waals surface area contributed by atoms with Crippen molar-refractivity contribution in [1.82, 2.24) is 19.6 Å². The van der Waals surface area contributed by atoms with Gasteiger partial charge in [0.05, 0.1) is 25.2 Å². The van der Waals surface area contributed by atoms with Crippen molar-refractivity contribution in [1.29, 1.82) is 0 Å². The minimum absolute atomic E-state index is 0.197. The van der Waals surface area contributed by atoms with E-state index in [2.05, 4.69) is 30.4 Å². The van der Waals surface area contributed by atoms with Gasteiger partial charge in [-0.05, 0) is 19.1 Å². The molecular weight excluding hydrogens is 340 g/mol. The van der Waals surface area contributed by atoms with Gasteiger partial charge in [-0.2, -0.15) is 5.10 Å². The number of nitrogens with one attached hydrogen (secondary N) is 2. The minimum atomic E-state index is -0.816. The van der Waals surface area contributed by atoms with Gasteiger partial charge >= 0.3 is 6.16 Å². The standard InChI is InChI=1S/C16H16N6O4/c1-9-12(26-16(24)25-3)7-22-14(9)15(18-8-19-22)21-11-4-5-13(17-6-11)20-10(2)23/h4-8H,1-3H3,(H,17,20,23)(H,18,19,21). The zero-order chi connectivity index (χ0) is 18.7. The van der Waals surface area contributed by atoms with Crippen molar-refractivity contribution in [2.45, 2.75) is 13.8 Å². The van der Waals surface area contributed by atoms with Crippen molar-refractivity contribution < 1.29 is 19.1 Å². The van der Waals surface area contributed by atoms with E-state index < -0.39 is 6.16 Å². The number of ether oxygens (including phenoxy) is 2. The predicted octanol–water partition coefficient (Wildman–Crippen LogP) is 2.28. The van der Waals surface area contributed by atoms with Crippen LogP contribution in [0.3, 0.4) is 0 Å². The van der Waals surface area contributed by atoms with Gasteiger partial charge in [-0.1, -0.05) is 0 Å². The van der Waals surface area contributed by atoms with E-state index >= 15 is 0 Å². The van der Waals surface area contributed by atoms with Crippen LogP contribution in [0.1, 0.15) is 12.5 Å². The molecule has 0 fully saturated rings. The van der Waals surface area contributed by atoms with Gasteiger partial charge in [0.25, 0.3) is 0 Å². The normalized spacial score (nSPS) is 10.4. The Hall–Kier alpha value is -3.69. The van der Waals surface area contributed by atoms with Crippen LogP contribution in [0.4, 0.5) is 22.1 Å². The fourth-order valence-electron chi connectivity index (χ4n) is 2.32. The second-order valence-corrected chi connectivity index (χ2v) is 5.31. The lowest BCUT2D eigenvalue weighted by molar-refractivity contribution is -0.114. The lowest BCUT2D eigenvalue weighted by Crippen LogP contribution is -2.07. The van der Waals surface area contributed by atoms with E-state index in [1.165, 1.54) is 20.4 Å². The first-order valence-corrected chi connectivity index (χ1v) is 7.57. The van der Waals surface area contributed by atoms with Crippen LogP contribution >= 0.6 is 0 Å². The minimum Gasteiger partial charge on any atom is -0.437 e. The summed E-state index contributed by atoms with van der Waals surface area (Å²) in [7, 11) is 1.23. The van der Waals surface area contributed by atoms with Crippen molar-refractivity contribution >= 4 is 34.9 Å². The van der Waals surface area contributed by atoms with E-state index in [-0.39, 0.29) is 5.91 Å². The lowest BCUT2D eigenvalue weighted by Gasteiger charge is -2.08. The third kappa shape index (κ3) is 3.53. The molecule has 0 saturated heterocycles. The van der Waals surface area contributed by atoms with Gasteiger partial charge in [0.2, 0.25) is 5.91 Å². The molecule has 0 radical (unpaired) electrons. The number of pyridine rings is 1. The van der Waals surface area contributed by atoms with Gasteiger partial charge in [-0.15, -0.1) is 0 Å². The predicted molar refractivity (Wildman–Crippen MR) is 92.6 cm³/mol. The molecule has 3 aromatic heterocycles. The zero-order valence-electron chi connectivity index (χ0n) is 14.3. The Balaban J connectivity index is 1.90. The molecule has 0 aromatic carbocycles. The second-order valence-electron chi connectivity index (χ2n) is 5.31. The van der Waals surface area contributed by atoms with Gasteiger partial charge in [-0.3, -0.25) is 4.79 Å². The van der Waals surface area contributed by atoms with Crippen LogP contribution < -0.4 is 15.4 Å². The Morgan fingerprint density at radius 3 is 2.69 bits per heavy atom. The maximum atomic E-state index is 11.4. The second kappa shape index (κ2) is 7.05. The number of hydrogen-bond acceptors (Lipinski definition) is 8. The molecule has 0 unspecified atom stereocenters. The largest absolute Gasteiger partial charge is 0.513 e. The van der Waals surface area contributed by atoms with Gasteiger partial charge < -0.3 is 20.1 Å². The van der Waals surface area contributed by atoms with Crippen LogP contribution in [0.2, 0.25) is 0 Å². The third-order valence-corrected chi connectivity index (χ3v) is 3.47. The Kier molecular flexibility index (Phi) is 4.65. The number of anilines is 3. The maximum absolute atomic E-state index is 11.4. The summed E-state index contributed by atoms with van der Waals surface area (Å²) in [5.74, 6) is 1.08. The number of hydrogen-bond donors (Lipinski definition) is 2. The average molecular weight is 356 g/mol. The molecule has 134 valence electrons. The first-order valence-electron chi connectivity index (χ1n) is 7.57. The highest BCUT2D eigenvalue weighted by molar-refractivity contribution is 5.87. The highest BCUT2D eigenvalue weighted by Crippen LogP contribution is 2.29. The molecular formula is C16H16N6O4. The number of nitrogens with zero attached hydrogens (tertiary/aromatic N) is 4. The van der Waals surface area contributed by atoms with Crippen LogP contribution in [0, 0.1) is 6.92 Å². The molecule has 26 heavy (non-hydrogen) atoms. The third-order valence-electron chi connectivity index (χ3n) is 3.47. The smallest absolute Gasteiger partial charge is 0.437 e. The summed E-state index contributed by atoms with van der Waals surface area (Å²) in [5, 5.41) is 9.84. The Bertz CT molecular complexity index is 967. The molecule has 0 aliphatic heterocycles. The van der Waals surface area contributed by atoms with Crippen LogP contribution in [0.15, 0.2) is 30.9 Å². The number of amides is 1. The van der Waals surface area contributed by atoms with Crippen LogP contribution in [-0.4, -0.2) is 38.8 Å². The molecule has 3 rings (SSSR count). The molecule has 0 saturated carbocycles. The van der Waals surface area contributed by atoms with Crippen molar-refractivity contribution in [2.24, 2.45) is 0 Å². The number of carbonyl (C=O) groups excluding carboxylic acids is 2. The Labute approximate surface area is 148 Å². The molecule has 0 spiro atoms. The Morgan fingerprint density at radius 2 is 2.04 bits per heavy atom. The molecule has 0 aliphatic carbocycles. The van der Waals surface area contributed by atoms with Gasteiger partial charge in [0.1, 0.15) is 17.7 Å². The number of aromatic nitrogens is 4. The summed E-state index contributed by atoms with van der Waals surface area (Å²) in [6.07, 6.45) is 3.68. The van der Waals surface area contributed by atoms with Crippen LogP contribution in [0.25, 0.3) is 5.52 Å². The van der Waals surface area contributed by atoms with Gasteiger partial charge in [0, 0.05) is 12.5 Å². The zero-order valence-corrected chi connectivity index (χ0v) is 14.3. The highest BCUT2D eigenvalue weighted by atomic mass is 16.7. The van der Waals surface area contributed by atoms with E-state index in [0.29, 0.717) is 34.2 Å². The fourth-order valence-corrected chi connectivity index (χ4v) is 2.32. The summed E-state index contributed by atoms with van der Waals surface area (Å²) >= 11 is 0. The van der Waals surface area contributed by atoms with Crippen LogP contribution in [-0.2, 0) is 9.53 Å². The molecule has 0 aliphatic rings. The average Bonchev–Trinajstić information content (AvgIpc) is 2.93. The number of methoxy groups -OCH3 is 1. The van der Waals surface area contributed by atoms with Crippen molar-refractivity contribution in [3.8, 4) is 5.75 Å². The molecule has 3 aromatic rings. The number of aryl methyl sites for hydroxylation is 1. The van der Waals surface area contributed by atoms with Gasteiger partial charge in [-0.25, -0.2) is 19.3 Å². The summed E-state index contributed by atoms with van der Waals surface area (Å²) in [5.41, 5.74) is 1.97. The van der Waals surface area contributed by atoms with Crippen molar-refractivity contribution in [2.75, 3.05) is 17.7 Å². The topological polar surface area (TPSA) is 120 Å². The molecule has 0 bridgehead atoms. The molecule has 10 nitrogen and oxygen atoms in total. The van der Waals surface area contributed by atoms with E-state index in [1.807, 2.05) is 0 Å². The monoisotopic (exact) mass is 356 g/mol. The SMILES string of the molecule is COC(=O)Oc1cn2ncnc(Nc3ccc(NC(C)=O)nc3)c2c1C. The lowest BCUT2D eigenvalue weighted by atomic mass is 10.3. The molecule has 2 N–H and O–H groups in total. The number of fused-ring (bicyclic) bond motifs is 1. The first-order chi connectivity index (χ1) is 12.5. The number of carbonyl (C=O) groups is 2. The summed E-state index contributed by atoms with van der Waals surface area (Å²) in [6.45, 7) is 3.19. The molecule has 1 amide bonds.